The molecular formula is C25H25ClF2N4O4S. The summed E-state index contributed by atoms with van der Waals surface area (Å²) in [6, 6.07) is 16.7. The maximum absolute atomic E-state index is 14.2. The van der Waals surface area contributed by atoms with E-state index in [1.807, 2.05) is 48.5 Å². The lowest BCUT2D eigenvalue weighted by Crippen LogP contribution is -2.43. The fraction of sp³-hybridized carbons (Fsp3) is 0.280. The summed E-state index contributed by atoms with van der Waals surface area (Å²) in [7, 11) is -0.611. The van der Waals surface area contributed by atoms with E-state index >= 15 is 0 Å². The number of hydrogen-bond acceptors (Lipinski definition) is 7. The van der Waals surface area contributed by atoms with Crippen molar-refractivity contribution in [3.05, 3.63) is 59.6 Å². The van der Waals surface area contributed by atoms with Crippen LogP contribution < -0.4 is 10.5 Å². The topological polar surface area (TPSA) is 123 Å². The van der Waals surface area contributed by atoms with Gasteiger partial charge in [0, 0.05) is 34.6 Å². The third kappa shape index (κ3) is 6.07. The number of H-pyrrole nitrogens is 1. The molecule has 2 aromatic carbocycles. The first-order valence-electron chi connectivity index (χ1n) is 11.1. The SMILES string of the molecule is CS(C)=O.Nc1ccc(-c2ccc(-c3nc4nc(O[C@@H]5CO[C@H](CO)C5(F)F)[nH]c4cc3Cl)cc2)cc1. The highest BCUT2D eigenvalue weighted by Crippen LogP contribution is 2.35. The third-order valence-corrected chi connectivity index (χ3v) is 5.82. The van der Waals surface area contributed by atoms with Gasteiger partial charge in [-0.15, -0.1) is 0 Å². The second kappa shape index (κ2) is 11.1. The number of alkyl halides is 2. The molecule has 1 saturated heterocycles. The Kier molecular flexibility index (Phi) is 8.08. The van der Waals surface area contributed by atoms with Crippen molar-refractivity contribution in [2.24, 2.45) is 0 Å². The van der Waals surface area contributed by atoms with E-state index in [2.05, 4.69) is 15.0 Å². The van der Waals surface area contributed by atoms with Crippen molar-refractivity contribution in [2.45, 2.75) is 18.1 Å². The molecule has 196 valence electrons. The van der Waals surface area contributed by atoms with Crippen LogP contribution in [-0.2, 0) is 15.5 Å². The van der Waals surface area contributed by atoms with Gasteiger partial charge in [0.2, 0.25) is 0 Å². The zero-order chi connectivity index (χ0) is 26.7. The monoisotopic (exact) mass is 550 g/mol. The minimum absolute atomic E-state index is 0.128. The largest absolute Gasteiger partial charge is 0.452 e. The summed E-state index contributed by atoms with van der Waals surface area (Å²) in [6.07, 6.45) is 0.0910. The summed E-state index contributed by atoms with van der Waals surface area (Å²) in [5.74, 6) is -3.35. The number of aromatic amines is 1. The number of hydrogen-bond donors (Lipinski definition) is 3. The van der Waals surface area contributed by atoms with Crippen molar-refractivity contribution in [3.8, 4) is 28.4 Å². The van der Waals surface area contributed by atoms with Gasteiger partial charge in [0.05, 0.1) is 29.4 Å². The van der Waals surface area contributed by atoms with Gasteiger partial charge in [-0.2, -0.15) is 13.8 Å². The van der Waals surface area contributed by atoms with Crippen LogP contribution in [0.4, 0.5) is 14.5 Å². The maximum Gasteiger partial charge on any atom is 0.314 e. The minimum Gasteiger partial charge on any atom is -0.452 e. The van der Waals surface area contributed by atoms with Crippen LogP contribution in [0.2, 0.25) is 5.02 Å². The van der Waals surface area contributed by atoms with Gasteiger partial charge in [-0.3, -0.25) is 4.21 Å². The molecule has 1 aliphatic rings. The number of pyridine rings is 1. The highest BCUT2D eigenvalue weighted by atomic mass is 35.5. The summed E-state index contributed by atoms with van der Waals surface area (Å²) in [4.78, 5) is 11.5. The van der Waals surface area contributed by atoms with Crippen molar-refractivity contribution in [3.63, 3.8) is 0 Å². The number of rotatable bonds is 5. The second-order valence-electron chi connectivity index (χ2n) is 8.46. The highest BCUT2D eigenvalue weighted by Gasteiger charge is 2.55. The smallest absolute Gasteiger partial charge is 0.314 e. The van der Waals surface area contributed by atoms with Crippen LogP contribution in [0.5, 0.6) is 6.01 Å². The Morgan fingerprint density at radius 2 is 1.70 bits per heavy atom. The Balaban J connectivity index is 0.000000747. The molecule has 4 aromatic rings. The van der Waals surface area contributed by atoms with Crippen LogP contribution in [0.1, 0.15) is 0 Å². The molecule has 0 spiro atoms. The number of nitrogen functional groups attached to an aromatic ring is 1. The van der Waals surface area contributed by atoms with E-state index in [0.717, 1.165) is 16.7 Å². The molecule has 0 aliphatic carbocycles. The van der Waals surface area contributed by atoms with Crippen LogP contribution in [0.25, 0.3) is 33.5 Å². The number of fused-ring (bicyclic) bond motifs is 1. The summed E-state index contributed by atoms with van der Waals surface area (Å²) >= 11 is 6.44. The van der Waals surface area contributed by atoms with Crippen molar-refractivity contribution < 1.29 is 27.6 Å². The number of nitrogens with two attached hydrogens (primary N) is 1. The molecule has 37 heavy (non-hydrogen) atoms. The normalized spacial score (nSPS) is 18.6. The van der Waals surface area contributed by atoms with E-state index in [0.29, 0.717) is 21.9 Å². The number of aromatic nitrogens is 3. The van der Waals surface area contributed by atoms with Crippen molar-refractivity contribution in [1.29, 1.82) is 0 Å². The van der Waals surface area contributed by atoms with Gasteiger partial charge in [-0.05, 0) is 29.3 Å². The predicted octanol–water partition coefficient (Wildman–Crippen LogP) is 4.30. The third-order valence-electron chi connectivity index (χ3n) is 5.53. The number of halogens is 3. The second-order valence-corrected chi connectivity index (χ2v) is 10.3. The average Bonchev–Trinajstić information content (AvgIpc) is 3.37. The van der Waals surface area contributed by atoms with E-state index < -0.39 is 35.5 Å². The lowest BCUT2D eigenvalue weighted by atomic mass is 10.0. The van der Waals surface area contributed by atoms with Gasteiger partial charge in [0.1, 0.15) is 6.10 Å². The highest BCUT2D eigenvalue weighted by molar-refractivity contribution is 7.83. The molecule has 0 radical (unpaired) electrons. The molecular weight excluding hydrogens is 526 g/mol. The molecule has 3 heterocycles. The van der Waals surface area contributed by atoms with Gasteiger partial charge < -0.3 is 25.3 Å². The molecule has 2 aromatic heterocycles. The first-order chi connectivity index (χ1) is 17.6. The Bertz CT molecular complexity index is 1400. The van der Waals surface area contributed by atoms with E-state index in [-0.39, 0.29) is 18.3 Å². The Hall–Kier alpha value is -3.12. The minimum atomic E-state index is -3.35. The molecule has 2 atom stereocenters. The summed E-state index contributed by atoms with van der Waals surface area (Å²) in [6.45, 7) is -1.17. The molecule has 0 bridgehead atoms. The van der Waals surface area contributed by atoms with E-state index in [4.69, 9.17) is 31.9 Å². The molecule has 12 heteroatoms. The van der Waals surface area contributed by atoms with Gasteiger partial charge in [0.25, 0.3) is 6.01 Å². The molecule has 0 amide bonds. The lowest BCUT2D eigenvalue weighted by molar-refractivity contribution is -0.118. The Labute approximate surface area is 219 Å². The molecule has 0 unspecified atom stereocenters. The average molecular weight is 551 g/mol. The van der Waals surface area contributed by atoms with Crippen molar-refractivity contribution in [1.82, 2.24) is 15.0 Å². The quantitative estimate of drug-likeness (QED) is 0.317. The van der Waals surface area contributed by atoms with E-state index in [1.165, 1.54) is 0 Å². The number of imidazole rings is 1. The number of benzene rings is 2. The summed E-state index contributed by atoms with van der Waals surface area (Å²) < 4.78 is 48.3. The van der Waals surface area contributed by atoms with Crippen LogP contribution in [-0.4, -0.2) is 68.1 Å². The van der Waals surface area contributed by atoms with Crippen LogP contribution >= 0.6 is 11.6 Å². The van der Waals surface area contributed by atoms with Gasteiger partial charge in [-0.25, -0.2) is 4.98 Å². The summed E-state index contributed by atoms with van der Waals surface area (Å²) in [5, 5.41) is 9.42. The van der Waals surface area contributed by atoms with Crippen LogP contribution in [0, 0.1) is 0 Å². The first-order valence-corrected chi connectivity index (χ1v) is 13.5. The number of aliphatic hydroxyl groups excluding tert-OH is 1. The molecule has 1 aliphatic heterocycles. The van der Waals surface area contributed by atoms with Gasteiger partial charge in [-0.1, -0.05) is 48.0 Å². The maximum atomic E-state index is 14.2. The molecule has 0 saturated carbocycles. The molecule has 4 N–H and O–H groups in total. The standard InChI is InChI=1S/C23H19ClF2N4O3.C2H6OS/c24-16-9-17-21(30-22(28-17)33-19-11-32-18(10-31)23(19,25)26)29-20(16)14-3-1-12(2-4-14)13-5-7-15(27)8-6-13;1-4(2)3/h1-9,18-19,31H,10-11,27H2,(H,28,29,30);1-2H3/t18-,19-;/m1./s1. The Morgan fingerprint density at radius 1 is 1.14 bits per heavy atom. The first kappa shape index (κ1) is 26.9. The van der Waals surface area contributed by atoms with E-state index in [1.54, 1.807) is 18.6 Å². The fourth-order valence-corrected chi connectivity index (χ4v) is 3.97. The predicted molar refractivity (Wildman–Crippen MR) is 140 cm³/mol. The van der Waals surface area contributed by atoms with E-state index in [9.17, 15) is 13.0 Å². The van der Waals surface area contributed by atoms with Crippen molar-refractivity contribution in [2.75, 3.05) is 31.5 Å². The number of anilines is 1. The van der Waals surface area contributed by atoms with Crippen molar-refractivity contribution >= 4 is 39.3 Å². The molecule has 1 fully saturated rings. The lowest BCUT2D eigenvalue weighted by Gasteiger charge is -2.20. The Morgan fingerprint density at radius 3 is 2.27 bits per heavy atom. The number of ether oxygens (including phenoxy) is 2. The number of nitrogens with one attached hydrogen (secondary N) is 1. The molecule has 8 nitrogen and oxygen atoms in total. The zero-order valence-corrected chi connectivity index (χ0v) is 21.5. The molecule has 5 rings (SSSR count). The summed E-state index contributed by atoms with van der Waals surface area (Å²) in [5.41, 5.74) is 10.5. The van der Waals surface area contributed by atoms with Gasteiger partial charge >= 0.3 is 5.92 Å². The van der Waals surface area contributed by atoms with Gasteiger partial charge in [0.15, 0.2) is 11.8 Å². The van der Waals surface area contributed by atoms with Crippen LogP contribution in [0.15, 0.2) is 54.6 Å². The number of aliphatic hydroxyl groups is 1. The van der Waals surface area contributed by atoms with Crippen LogP contribution in [0.3, 0.4) is 0 Å². The number of nitrogens with zero attached hydrogens (tertiary/aromatic N) is 2. The zero-order valence-electron chi connectivity index (χ0n) is 20.0. The fourth-order valence-electron chi connectivity index (χ4n) is 3.70.